The monoisotopic (exact) mass is 260 g/mol. The fourth-order valence-electron chi connectivity index (χ4n) is 1.71. The van der Waals surface area contributed by atoms with Crippen molar-refractivity contribution in [3.63, 3.8) is 0 Å². The van der Waals surface area contributed by atoms with E-state index in [4.69, 9.17) is 9.15 Å². The molecule has 5 nitrogen and oxygen atoms in total. The van der Waals surface area contributed by atoms with Crippen LogP contribution in [0.3, 0.4) is 0 Å². The summed E-state index contributed by atoms with van der Waals surface area (Å²) < 4.78 is 10.2. The largest absolute Gasteiger partial charge is 0.497 e. The van der Waals surface area contributed by atoms with Gasteiger partial charge in [-0.3, -0.25) is 4.79 Å². The lowest BCUT2D eigenvalue weighted by Crippen LogP contribution is -2.24. The normalized spacial score (nSPS) is 10.2. The summed E-state index contributed by atoms with van der Waals surface area (Å²) in [5, 5.41) is 2.80. The number of hydrogen-bond donors (Lipinski definition) is 1. The molecular weight excluding hydrogens is 244 g/mol. The summed E-state index contributed by atoms with van der Waals surface area (Å²) in [6.45, 7) is 2.14. The van der Waals surface area contributed by atoms with Gasteiger partial charge in [0.1, 0.15) is 12.0 Å². The molecule has 0 bridgehead atoms. The van der Waals surface area contributed by atoms with Crippen LogP contribution >= 0.6 is 0 Å². The Morgan fingerprint density at radius 1 is 1.47 bits per heavy atom. The third kappa shape index (κ3) is 3.84. The Labute approximate surface area is 111 Å². The molecule has 1 aromatic carbocycles. The van der Waals surface area contributed by atoms with Crippen LogP contribution in [-0.4, -0.2) is 18.0 Å². The van der Waals surface area contributed by atoms with Gasteiger partial charge in [-0.25, -0.2) is 4.98 Å². The zero-order valence-electron chi connectivity index (χ0n) is 11.0. The molecule has 100 valence electrons. The van der Waals surface area contributed by atoms with Crippen LogP contribution in [0.2, 0.25) is 0 Å². The predicted molar refractivity (Wildman–Crippen MR) is 69.8 cm³/mol. The van der Waals surface area contributed by atoms with Gasteiger partial charge in [-0.05, 0) is 17.7 Å². The van der Waals surface area contributed by atoms with Crippen molar-refractivity contribution in [2.75, 3.05) is 7.11 Å². The quantitative estimate of drug-likeness (QED) is 0.891. The highest BCUT2D eigenvalue weighted by atomic mass is 16.5. The molecule has 0 fully saturated rings. The van der Waals surface area contributed by atoms with Gasteiger partial charge in [-0.1, -0.05) is 12.1 Å². The summed E-state index contributed by atoms with van der Waals surface area (Å²) in [7, 11) is 1.60. The number of carbonyl (C=O) groups excluding carboxylic acids is 1. The molecule has 5 heteroatoms. The van der Waals surface area contributed by atoms with Crippen molar-refractivity contribution in [2.24, 2.45) is 0 Å². The summed E-state index contributed by atoms with van der Waals surface area (Å²) >= 11 is 0. The molecule has 2 aromatic rings. The molecule has 19 heavy (non-hydrogen) atoms. The predicted octanol–water partition coefficient (Wildman–Crippen LogP) is 1.85. The van der Waals surface area contributed by atoms with E-state index in [2.05, 4.69) is 10.3 Å². The Morgan fingerprint density at radius 2 is 2.32 bits per heavy atom. The Kier molecular flexibility index (Phi) is 4.18. The van der Waals surface area contributed by atoms with E-state index in [0.717, 1.165) is 17.0 Å². The maximum absolute atomic E-state index is 11.8. The van der Waals surface area contributed by atoms with E-state index in [-0.39, 0.29) is 5.91 Å². The molecule has 0 atom stereocenters. The van der Waals surface area contributed by atoms with Crippen LogP contribution in [0.25, 0.3) is 0 Å². The third-order valence-electron chi connectivity index (χ3n) is 2.63. The fourth-order valence-corrected chi connectivity index (χ4v) is 1.71. The Hall–Kier alpha value is -2.30. The minimum absolute atomic E-state index is 0.0612. The average molecular weight is 260 g/mol. The Bertz CT molecular complexity index is 563. The maximum Gasteiger partial charge on any atom is 0.224 e. The highest BCUT2D eigenvalue weighted by Crippen LogP contribution is 2.12. The van der Waals surface area contributed by atoms with E-state index < -0.39 is 0 Å². The summed E-state index contributed by atoms with van der Waals surface area (Å²) in [6, 6.07) is 7.45. The molecule has 0 unspecified atom stereocenters. The lowest BCUT2D eigenvalue weighted by atomic mass is 10.1. The van der Waals surface area contributed by atoms with Gasteiger partial charge >= 0.3 is 0 Å². The summed E-state index contributed by atoms with van der Waals surface area (Å²) in [5.41, 5.74) is 1.63. The molecule has 1 aromatic heterocycles. The van der Waals surface area contributed by atoms with Crippen LogP contribution in [0.5, 0.6) is 5.75 Å². The number of aryl methyl sites for hydroxylation is 1. The second-order valence-electron chi connectivity index (χ2n) is 4.16. The van der Waals surface area contributed by atoms with Gasteiger partial charge in [0.2, 0.25) is 5.91 Å². The van der Waals surface area contributed by atoms with Crippen molar-refractivity contribution >= 4 is 5.91 Å². The first-order chi connectivity index (χ1) is 9.17. The molecule has 2 rings (SSSR count). The molecule has 0 saturated heterocycles. The number of rotatable bonds is 5. The number of amides is 1. The molecule has 0 aliphatic rings. The molecule has 0 aliphatic heterocycles. The summed E-state index contributed by atoms with van der Waals surface area (Å²) in [5.74, 6) is 1.28. The van der Waals surface area contributed by atoms with E-state index in [9.17, 15) is 4.79 Å². The van der Waals surface area contributed by atoms with Crippen molar-refractivity contribution in [1.82, 2.24) is 10.3 Å². The van der Waals surface area contributed by atoms with Crippen LogP contribution in [0.15, 0.2) is 34.9 Å². The number of benzene rings is 1. The number of ether oxygens (including phenoxy) is 1. The van der Waals surface area contributed by atoms with Crippen LogP contribution in [0.4, 0.5) is 0 Å². The van der Waals surface area contributed by atoms with Crippen LogP contribution < -0.4 is 10.1 Å². The van der Waals surface area contributed by atoms with E-state index >= 15 is 0 Å². The molecule has 1 N–H and O–H groups in total. The smallest absolute Gasteiger partial charge is 0.224 e. The summed E-state index contributed by atoms with van der Waals surface area (Å²) in [6.07, 6.45) is 1.86. The van der Waals surface area contributed by atoms with Crippen LogP contribution in [0.1, 0.15) is 17.1 Å². The number of nitrogens with one attached hydrogen (secondary N) is 1. The van der Waals surface area contributed by atoms with Crippen molar-refractivity contribution in [3.8, 4) is 5.75 Å². The standard InChI is InChI=1S/C14H16N2O3/c1-10-16-12(9-19-10)8-15-14(17)7-11-4-3-5-13(6-11)18-2/h3-6,9H,7-8H2,1-2H3,(H,15,17). The Morgan fingerprint density at radius 3 is 3.00 bits per heavy atom. The lowest BCUT2D eigenvalue weighted by Gasteiger charge is -2.05. The second-order valence-corrected chi connectivity index (χ2v) is 4.16. The number of methoxy groups -OCH3 is 1. The number of hydrogen-bond acceptors (Lipinski definition) is 4. The molecule has 0 aliphatic carbocycles. The topological polar surface area (TPSA) is 64.4 Å². The van der Waals surface area contributed by atoms with E-state index in [0.29, 0.717) is 18.9 Å². The van der Waals surface area contributed by atoms with Gasteiger partial charge in [-0.15, -0.1) is 0 Å². The van der Waals surface area contributed by atoms with Crippen molar-refractivity contribution < 1.29 is 13.9 Å². The number of oxazole rings is 1. The molecule has 0 saturated carbocycles. The van der Waals surface area contributed by atoms with E-state index in [1.807, 2.05) is 24.3 Å². The average Bonchev–Trinajstić information content (AvgIpc) is 2.82. The van der Waals surface area contributed by atoms with Crippen molar-refractivity contribution in [2.45, 2.75) is 19.9 Å². The first-order valence-corrected chi connectivity index (χ1v) is 5.98. The first-order valence-electron chi connectivity index (χ1n) is 5.98. The van der Waals surface area contributed by atoms with E-state index in [1.165, 1.54) is 0 Å². The number of nitrogens with zero attached hydrogens (tertiary/aromatic N) is 1. The molecule has 1 amide bonds. The highest BCUT2D eigenvalue weighted by Gasteiger charge is 2.06. The zero-order valence-corrected chi connectivity index (χ0v) is 11.0. The summed E-state index contributed by atoms with van der Waals surface area (Å²) in [4.78, 5) is 15.9. The molecule has 0 spiro atoms. The fraction of sp³-hybridized carbons (Fsp3) is 0.286. The van der Waals surface area contributed by atoms with Crippen molar-refractivity contribution in [1.29, 1.82) is 0 Å². The zero-order chi connectivity index (χ0) is 13.7. The van der Waals surface area contributed by atoms with Gasteiger partial charge in [-0.2, -0.15) is 0 Å². The van der Waals surface area contributed by atoms with Gasteiger partial charge < -0.3 is 14.5 Å². The minimum atomic E-state index is -0.0612. The van der Waals surface area contributed by atoms with Gasteiger partial charge in [0, 0.05) is 6.92 Å². The van der Waals surface area contributed by atoms with Crippen LogP contribution in [-0.2, 0) is 17.8 Å². The first kappa shape index (κ1) is 13.1. The maximum atomic E-state index is 11.8. The second kappa shape index (κ2) is 6.04. The van der Waals surface area contributed by atoms with Gasteiger partial charge in [0.05, 0.1) is 25.8 Å². The molecule has 1 heterocycles. The van der Waals surface area contributed by atoms with Crippen molar-refractivity contribution in [3.05, 3.63) is 47.7 Å². The Balaban J connectivity index is 1.86. The highest BCUT2D eigenvalue weighted by molar-refractivity contribution is 5.78. The third-order valence-corrected chi connectivity index (χ3v) is 2.63. The minimum Gasteiger partial charge on any atom is -0.497 e. The van der Waals surface area contributed by atoms with Gasteiger partial charge in [0.15, 0.2) is 5.89 Å². The number of carbonyl (C=O) groups is 1. The molecular formula is C14H16N2O3. The number of aromatic nitrogens is 1. The lowest BCUT2D eigenvalue weighted by molar-refractivity contribution is -0.120. The molecule has 0 radical (unpaired) electrons. The SMILES string of the molecule is COc1cccc(CC(=O)NCc2coc(C)n2)c1. The van der Waals surface area contributed by atoms with Crippen LogP contribution in [0, 0.1) is 6.92 Å². The van der Waals surface area contributed by atoms with Gasteiger partial charge in [0.25, 0.3) is 0 Å². The van der Waals surface area contributed by atoms with E-state index in [1.54, 1.807) is 20.3 Å².